The Balaban J connectivity index is 1.70. The van der Waals surface area contributed by atoms with Crippen molar-refractivity contribution in [2.75, 3.05) is 5.32 Å². The van der Waals surface area contributed by atoms with Crippen LogP contribution in [-0.4, -0.2) is 9.97 Å². The highest BCUT2D eigenvalue weighted by Crippen LogP contribution is 2.36. The van der Waals surface area contributed by atoms with Crippen LogP contribution in [0.15, 0.2) is 34.7 Å². The summed E-state index contributed by atoms with van der Waals surface area (Å²) in [6, 6.07) is 10.1. The van der Waals surface area contributed by atoms with Crippen LogP contribution in [0.4, 0.5) is 11.1 Å². The van der Waals surface area contributed by atoms with Crippen molar-refractivity contribution >= 4 is 67.0 Å². The summed E-state index contributed by atoms with van der Waals surface area (Å²) < 4.78 is 6.72. The lowest BCUT2D eigenvalue weighted by molar-refractivity contribution is 0.590. The minimum absolute atomic E-state index is 0.0593. The second kappa shape index (κ2) is 5.87. The van der Waals surface area contributed by atoms with Gasteiger partial charge in [0, 0.05) is 0 Å². The van der Waals surface area contributed by atoms with Gasteiger partial charge in [-0.2, -0.15) is 4.98 Å². The van der Waals surface area contributed by atoms with Crippen LogP contribution in [0.1, 0.15) is 26.3 Å². The Bertz CT molecular complexity index is 1100. The van der Waals surface area contributed by atoms with Crippen molar-refractivity contribution in [3.05, 3.63) is 45.9 Å². The summed E-state index contributed by atoms with van der Waals surface area (Å²) in [5.74, 6) is 0. The first-order valence-electron chi connectivity index (χ1n) is 7.74. The van der Waals surface area contributed by atoms with E-state index in [0.717, 1.165) is 15.8 Å². The maximum Gasteiger partial charge on any atom is 0.302 e. The first-order chi connectivity index (χ1) is 11.8. The monoisotopic (exact) mass is 391 g/mol. The quantitative estimate of drug-likeness (QED) is 0.408. The third kappa shape index (κ3) is 3.08. The molecule has 4 aromatic rings. The second-order valence-electron chi connectivity index (χ2n) is 6.80. The Labute approximate surface area is 158 Å². The summed E-state index contributed by atoms with van der Waals surface area (Å²) in [4.78, 5) is 9.01. The van der Waals surface area contributed by atoms with E-state index >= 15 is 0 Å². The Morgan fingerprint density at radius 1 is 1.08 bits per heavy atom. The van der Waals surface area contributed by atoms with Gasteiger partial charge in [-0.15, -0.1) is 0 Å². The predicted molar refractivity (Wildman–Crippen MR) is 106 cm³/mol. The van der Waals surface area contributed by atoms with Gasteiger partial charge in [0.15, 0.2) is 10.7 Å². The van der Waals surface area contributed by atoms with E-state index in [2.05, 4.69) is 48.2 Å². The minimum atomic E-state index is 0.0593. The summed E-state index contributed by atoms with van der Waals surface area (Å²) in [7, 11) is 0. The topological polar surface area (TPSA) is 51.0 Å². The number of nitrogens with one attached hydrogen (secondary N) is 1. The molecular weight excluding hydrogens is 377 g/mol. The van der Waals surface area contributed by atoms with Crippen molar-refractivity contribution in [2.45, 2.75) is 26.2 Å². The van der Waals surface area contributed by atoms with E-state index < -0.39 is 0 Å². The molecule has 7 heteroatoms. The lowest BCUT2D eigenvalue weighted by atomic mass is 9.87. The van der Waals surface area contributed by atoms with Crippen molar-refractivity contribution in [3.63, 3.8) is 0 Å². The Morgan fingerprint density at radius 3 is 2.64 bits per heavy atom. The van der Waals surface area contributed by atoms with Crippen molar-refractivity contribution in [1.29, 1.82) is 0 Å². The van der Waals surface area contributed by atoms with Gasteiger partial charge in [-0.1, -0.05) is 61.4 Å². The van der Waals surface area contributed by atoms with Crippen LogP contribution in [0.3, 0.4) is 0 Å². The number of rotatable bonds is 2. The first-order valence-corrected chi connectivity index (χ1v) is 9.31. The predicted octanol–water partition coefficient (Wildman–Crippen LogP) is 6.79. The summed E-state index contributed by atoms with van der Waals surface area (Å²) in [6.45, 7) is 6.51. The molecule has 0 bridgehead atoms. The standard InChI is InChI=1S/C18H15Cl2N3OS/c1-18(2,3)9-4-6-12-11(8-9)21-16(24-12)23-17-22-15-13(25-17)7-5-10(19)14(15)20/h4-8H,1-3H3,(H,21,22,23). The van der Waals surface area contributed by atoms with E-state index in [1.165, 1.54) is 16.9 Å². The van der Waals surface area contributed by atoms with Crippen molar-refractivity contribution in [2.24, 2.45) is 0 Å². The molecular formula is C18H15Cl2N3OS. The highest BCUT2D eigenvalue weighted by molar-refractivity contribution is 7.22. The van der Waals surface area contributed by atoms with Gasteiger partial charge in [-0.25, -0.2) is 4.98 Å². The fourth-order valence-electron chi connectivity index (χ4n) is 2.53. The van der Waals surface area contributed by atoms with Crippen LogP contribution in [0.25, 0.3) is 21.3 Å². The van der Waals surface area contributed by atoms with Gasteiger partial charge in [0.05, 0.1) is 14.7 Å². The van der Waals surface area contributed by atoms with Gasteiger partial charge in [0.2, 0.25) is 0 Å². The third-order valence-electron chi connectivity index (χ3n) is 3.92. The lowest BCUT2D eigenvalue weighted by Gasteiger charge is -2.18. The Hall–Kier alpha value is -1.82. The average Bonchev–Trinajstić information content (AvgIpc) is 3.13. The minimum Gasteiger partial charge on any atom is -0.423 e. The van der Waals surface area contributed by atoms with Crippen LogP contribution >= 0.6 is 34.5 Å². The SMILES string of the molecule is CC(C)(C)c1ccc2oc(Nc3nc4c(Cl)c(Cl)ccc4s3)nc2c1. The maximum atomic E-state index is 6.21. The largest absolute Gasteiger partial charge is 0.423 e. The van der Waals surface area contributed by atoms with E-state index in [9.17, 15) is 0 Å². The molecule has 0 aliphatic carbocycles. The molecule has 4 nitrogen and oxygen atoms in total. The number of anilines is 2. The number of benzene rings is 2. The molecule has 0 aliphatic rings. The highest BCUT2D eigenvalue weighted by Gasteiger charge is 2.17. The molecule has 1 N–H and O–H groups in total. The van der Waals surface area contributed by atoms with E-state index in [0.29, 0.717) is 26.7 Å². The highest BCUT2D eigenvalue weighted by atomic mass is 35.5. The van der Waals surface area contributed by atoms with Gasteiger partial charge in [0.25, 0.3) is 0 Å². The third-order valence-corrected chi connectivity index (χ3v) is 5.65. The van der Waals surface area contributed by atoms with Crippen molar-refractivity contribution in [3.8, 4) is 0 Å². The summed E-state index contributed by atoms with van der Waals surface area (Å²) in [6.07, 6.45) is 0. The second-order valence-corrected chi connectivity index (χ2v) is 8.62. The fraction of sp³-hybridized carbons (Fsp3) is 0.222. The molecule has 0 aliphatic heterocycles. The van der Waals surface area contributed by atoms with Gasteiger partial charge in [0.1, 0.15) is 11.0 Å². The smallest absolute Gasteiger partial charge is 0.302 e. The molecule has 0 spiro atoms. The number of thiazole rings is 1. The first kappa shape index (κ1) is 16.6. The molecule has 2 heterocycles. The number of fused-ring (bicyclic) bond motifs is 2. The zero-order valence-corrected chi connectivity index (χ0v) is 16.2. The number of hydrogen-bond acceptors (Lipinski definition) is 5. The summed E-state index contributed by atoms with van der Waals surface area (Å²) in [5, 5.41) is 4.71. The van der Waals surface area contributed by atoms with Gasteiger partial charge < -0.3 is 4.42 Å². The number of hydrogen-bond donors (Lipinski definition) is 1. The molecule has 0 radical (unpaired) electrons. The summed E-state index contributed by atoms with van der Waals surface area (Å²) in [5.41, 5.74) is 3.49. The molecule has 0 unspecified atom stereocenters. The van der Waals surface area contributed by atoms with Crippen molar-refractivity contribution in [1.82, 2.24) is 9.97 Å². The number of nitrogens with zero attached hydrogens (tertiary/aromatic N) is 2. The van der Waals surface area contributed by atoms with Crippen molar-refractivity contribution < 1.29 is 4.42 Å². The average molecular weight is 392 g/mol. The fourth-order valence-corrected chi connectivity index (χ4v) is 3.81. The molecule has 0 fully saturated rings. The van der Waals surface area contributed by atoms with Crippen LogP contribution in [0.5, 0.6) is 0 Å². The molecule has 128 valence electrons. The molecule has 0 amide bonds. The summed E-state index contributed by atoms with van der Waals surface area (Å²) >= 11 is 13.7. The number of halogens is 2. The maximum absolute atomic E-state index is 6.21. The van der Waals surface area contributed by atoms with Crippen LogP contribution in [-0.2, 0) is 5.41 Å². The van der Waals surface area contributed by atoms with Gasteiger partial charge >= 0.3 is 6.01 Å². The normalized spacial score (nSPS) is 12.2. The Morgan fingerprint density at radius 2 is 1.88 bits per heavy atom. The molecule has 2 aromatic carbocycles. The molecule has 0 saturated heterocycles. The molecule has 0 atom stereocenters. The van der Waals surface area contributed by atoms with Crippen LogP contribution in [0.2, 0.25) is 10.0 Å². The van der Waals surface area contributed by atoms with E-state index in [4.69, 9.17) is 27.6 Å². The molecule has 4 rings (SSSR count). The van der Waals surface area contributed by atoms with Crippen LogP contribution < -0.4 is 5.32 Å². The molecule has 0 saturated carbocycles. The Kier molecular flexibility index (Phi) is 3.90. The number of oxazole rings is 1. The molecule has 2 aromatic heterocycles. The van der Waals surface area contributed by atoms with E-state index in [1.807, 2.05) is 12.1 Å². The lowest BCUT2D eigenvalue weighted by Crippen LogP contribution is -2.10. The van der Waals surface area contributed by atoms with Gasteiger partial charge in [-0.3, -0.25) is 5.32 Å². The van der Waals surface area contributed by atoms with Gasteiger partial charge in [-0.05, 0) is 35.2 Å². The van der Waals surface area contributed by atoms with Crippen LogP contribution in [0, 0.1) is 0 Å². The number of aromatic nitrogens is 2. The zero-order chi connectivity index (χ0) is 17.8. The van der Waals surface area contributed by atoms with E-state index in [1.54, 1.807) is 6.07 Å². The van der Waals surface area contributed by atoms with E-state index in [-0.39, 0.29) is 5.41 Å². The zero-order valence-electron chi connectivity index (χ0n) is 13.9. The molecule has 25 heavy (non-hydrogen) atoms.